The maximum Gasteiger partial charge on any atom is 0.246 e. The van der Waals surface area contributed by atoms with Crippen molar-refractivity contribution in [3.05, 3.63) is 29.2 Å². The van der Waals surface area contributed by atoms with Crippen molar-refractivity contribution in [2.45, 2.75) is 32.4 Å². The third-order valence-electron chi connectivity index (χ3n) is 3.62. The average Bonchev–Trinajstić information content (AvgIpc) is 2.97. The van der Waals surface area contributed by atoms with E-state index in [4.69, 9.17) is 0 Å². The zero-order valence-corrected chi connectivity index (χ0v) is 12.4. The van der Waals surface area contributed by atoms with Gasteiger partial charge < -0.3 is 9.80 Å². The smallest absolute Gasteiger partial charge is 0.246 e. The monoisotopic (exact) mass is 293 g/mol. The molecule has 1 aliphatic rings. The zero-order valence-electron chi connectivity index (χ0n) is 11.6. The quantitative estimate of drug-likeness (QED) is 0.794. The van der Waals surface area contributed by atoms with Gasteiger partial charge in [0.1, 0.15) is 0 Å². The Morgan fingerprint density at radius 1 is 1.55 bits per heavy atom. The standard InChI is InChI=1S/C14H19N3O2S/c1-3-14(19)17(9-13-8-15-10-20-13)12-4-6-16(7-5-12)11(2)18/h3,8,10,12H,1,4-7,9H2,2H3. The highest BCUT2D eigenvalue weighted by molar-refractivity contribution is 7.09. The molecule has 0 spiro atoms. The Kier molecular flexibility index (Phi) is 4.89. The topological polar surface area (TPSA) is 53.5 Å². The molecular formula is C14H19N3O2S. The Morgan fingerprint density at radius 2 is 2.25 bits per heavy atom. The number of rotatable bonds is 4. The van der Waals surface area contributed by atoms with E-state index in [0.717, 1.165) is 17.7 Å². The summed E-state index contributed by atoms with van der Waals surface area (Å²) in [5.74, 6) is 0.0483. The van der Waals surface area contributed by atoms with Crippen LogP contribution in [-0.4, -0.2) is 45.7 Å². The molecule has 1 aromatic heterocycles. The first-order chi connectivity index (χ1) is 9.61. The largest absolute Gasteiger partial charge is 0.343 e. The first-order valence-corrected chi connectivity index (χ1v) is 7.55. The zero-order chi connectivity index (χ0) is 14.5. The van der Waals surface area contributed by atoms with Crippen LogP contribution in [0, 0.1) is 0 Å². The molecule has 0 aromatic carbocycles. The van der Waals surface area contributed by atoms with Gasteiger partial charge in [-0.15, -0.1) is 11.3 Å². The van der Waals surface area contributed by atoms with Crippen LogP contribution in [0.3, 0.4) is 0 Å². The van der Waals surface area contributed by atoms with Crippen molar-refractivity contribution in [2.24, 2.45) is 0 Å². The number of aromatic nitrogens is 1. The molecule has 1 aromatic rings. The summed E-state index contributed by atoms with van der Waals surface area (Å²) in [5, 5.41) is 0. The Labute approximate surface area is 122 Å². The molecule has 0 bridgehead atoms. The van der Waals surface area contributed by atoms with Crippen molar-refractivity contribution in [1.82, 2.24) is 14.8 Å². The van der Waals surface area contributed by atoms with E-state index in [1.165, 1.54) is 6.08 Å². The lowest BCUT2D eigenvalue weighted by molar-refractivity contribution is -0.133. The van der Waals surface area contributed by atoms with Crippen LogP contribution in [0.25, 0.3) is 0 Å². The predicted molar refractivity (Wildman–Crippen MR) is 78.1 cm³/mol. The molecule has 6 heteroatoms. The summed E-state index contributed by atoms with van der Waals surface area (Å²) < 4.78 is 0. The van der Waals surface area contributed by atoms with Gasteiger partial charge in [0, 0.05) is 37.1 Å². The van der Waals surface area contributed by atoms with Gasteiger partial charge in [-0.1, -0.05) is 6.58 Å². The number of hydrogen-bond donors (Lipinski definition) is 0. The Bertz CT molecular complexity index is 479. The Balaban J connectivity index is 2.02. The van der Waals surface area contributed by atoms with E-state index in [1.54, 1.807) is 30.0 Å². The maximum atomic E-state index is 12.1. The summed E-state index contributed by atoms with van der Waals surface area (Å²) in [6.07, 6.45) is 4.78. The van der Waals surface area contributed by atoms with Crippen molar-refractivity contribution < 1.29 is 9.59 Å². The third kappa shape index (κ3) is 3.45. The van der Waals surface area contributed by atoms with Gasteiger partial charge in [-0.3, -0.25) is 14.6 Å². The number of amides is 2. The number of carbonyl (C=O) groups excluding carboxylic acids is 2. The van der Waals surface area contributed by atoms with Crippen LogP contribution in [0.2, 0.25) is 0 Å². The lowest BCUT2D eigenvalue weighted by atomic mass is 10.0. The SMILES string of the molecule is C=CC(=O)N(Cc1cncs1)C1CCN(C(C)=O)CC1. The van der Waals surface area contributed by atoms with Gasteiger partial charge in [-0.25, -0.2) is 0 Å². The molecule has 0 unspecified atom stereocenters. The average molecular weight is 293 g/mol. The molecule has 0 aliphatic carbocycles. The summed E-state index contributed by atoms with van der Waals surface area (Å²) >= 11 is 1.54. The first kappa shape index (κ1) is 14.7. The highest BCUT2D eigenvalue weighted by Crippen LogP contribution is 2.20. The van der Waals surface area contributed by atoms with Crippen LogP contribution in [0.4, 0.5) is 0 Å². The van der Waals surface area contributed by atoms with Gasteiger partial charge in [-0.05, 0) is 18.9 Å². The Morgan fingerprint density at radius 3 is 2.75 bits per heavy atom. The molecule has 20 heavy (non-hydrogen) atoms. The molecule has 0 radical (unpaired) electrons. The molecule has 1 aliphatic heterocycles. The van der Waals surface area contributed by atoms with E-state index in [2.05, 4.69) is 11.6 Å². The second kappa shape index (κ2) is 6.65. The van der Waals surface area contributed by atoms with Crippen molar-refractivity contribution in [3.8, 4) is 0 Å². The van der Waals surface area contributed by atoms with Gasteiger partial charge >= 0.3 is 0 Å². The second-order valence-electron chi connectivity index (χ2n) is 4.88. The maximum absolute atomic E-state index is 12.1. The minimum Gasteiger partial charge on any atom is -0.343 e. The summed E-state index contributed by atoms with van der Waals surface area (Å²) in [5.41, 5.74) is 1.77. The minimum absolute atomic E-state index is 0.0559. The van der Waals surface area contributed by atoms with Crippen LogP contribution in [-0.2, 0) is 16.1 Å². The van der Waals surface area contributed by atoms with Gasteiger partial charge in [-0.2, -0.15) is 0 Å². The highest BCUT2D eigenvalue weighted by Gasteiger charge is 2.27. The molecule has 1 saturated heterocycles. The van der Waals surface area contributed by atoms with Gasteiger partial charge in [0.2, 0.25) is 11.8 Å². The fraction of sp³-hybridized carbons (Fsp3) is 0.500. The molecule has 0 atom stereocenters. The van der Waals surface area contributed by atoms with Crippen molar-refractivity contribution in [3.63, 3.8) is 0 Å². The fourth-order valence-corrected chi connectivity index (χ4v) is 3.08. The third-order valence-corrected chi connectivity index (χ3v) is 4.38. The number of thiazole rings is 1. The van der Waals surface area contributed by atoms with Crippen molar-refractivity contribution in [1.29, 1.82) is 0 Å². The molecule has 0 N–H and O–H groups in total. The van der Waals surface area contributed by atoms with Crippen LogP contribution >= 0.6 is 11.3 Å². The van der Waals surface area contributed by atoms with E-state index in [-0.39, 0.29) is 17.9 Å². The normalized spacial score (nSPS) is 15.9. The molecule has 108 valence electrons. The van der Waals surface area contributed by atoms with E-state index in [9.17, 15) is 9.59 Å². The molecule has 2 amide bonds. The molecule has 2 rings (SSSR count). The second-order valence-corrected chi connectivity index (χ2v) is 5.85. The number of carbonyl (C=O) groups is 2. The first-order valence-electron chi connectivity index (χ1n) is 6.67. The summed E-state index contributed by atoms with van der Waals surface area (Å²) in [4.78, 5) is 32.2. The predicted octanol–water partition coefficient (Wildman–Crippen LogP) is 1.67. The lowest BCUT2D eigenvalue weighted by Gasteiger charge is -2.37. The van der Waals surface area contributed by atoms with Crippen LogP contribution in [0.1, 0.15) is 24.6 Å². The van der Waals surface area contributed by atoms with E-state index < -0.39 is 0 Å². The molecule has 5 nitrogen and oxygen atoms in total. The Hall–Kier alpha value is -1.69. The highest BCUT2D eigenvalue weighted by atomic mass is 32.1. The summed E-state index contributed by atoms with van der Waals surface area (Å²) in [7, 11) is 0. The summed E-state index contributed by atoms with van der Waals surface area (Å²) in [6.45, 7) is 7.16. The fourth-order valence-electron chi connectivity index (χ4n) is 2.48. The minimum atomic E-state index is -0.0559. The molecule has 0 saturated carbocycles. The molecular weight excluding hydrogens is 274 g/mol. The summed E-state index contributed by atoms with van der Waals surface area (Å²) in [6, 6.07) is 0.165. The molecule has 1 fully saturated rings. The number of hydrogen-bond acceptors (Lipinski definition) is 4. The number of likely N-dealkylation sites (tertiary alicyclic amines) is 1. The van der Waals surface area contributed by atoms with Gasteiger partial charge in [0.05, 0.1) is 12.1 Å². The van der Waals surface area contributed by atoms with Crippen molar-refractivity contribution in [2.75, 3.05) is 13.1 Å². The number of piperidine rings is 1. The van der Waals surface area contributed by atoms with Crippen LogP contribution < -0.4 is 0 Å². The van der Waals surface area contributed by atoms with Crippen LogP contribution in [0.5, 0.6) is 0 Å². The van der Waals surface area contributed by atoms with Gasteiger partial charge in [0.25, 0.3) is 0 Å². The van der Waals surface area contributed by atoms with Gasteiger partial charge in [0.15, 0.2) is 0 Å². The van der Waals surface area contributed by atoms with E-state index >= 15 is 0 Å². The number of nitrogens with zero attached hydrogens (tertiary/aromatic N) is 3. The van der Waals surface area contributed by atoms with E-state index in [0.29, 0.717) is 19.6 Å². The van der Waals surface area contributed by atoms with Crippen molar-refractivity contribution >= 4 is 23.2 Å². The molecule has 2 heterocycles. The lowest BCUT2D eigenvalue weighted by Crippen LogP contribution is -2.47. The van der Waals surface area contributed by atoms with E-state index in [1.807, 2.05) is 9.80 Å². The van der Waals surface area contributed by atoms with Crippen LogP contribution in [0.15, 0.2) is 24.4 Å².